The van der Waals surface area contributed by atoms with Crippen LogP contribution in [0.5, 0.6) is 0 Å². The van der Waals surface area contributed by atoms with Gasteiger partial charge in [0.1, 0.15) is 0 Å². The minimum absolute atomic E-state index is 0.401. The first-order chi connectivity index (χ1) is 9.47. The molecule has 0 aliphatic heterocycles. The second-order valence-corrected chi connectivity index (χ2v) is 7.97. The summed E-state index contributed by atoms with van der Waals surface area (Å²) in [4.78, 5) is 1.42. The highest BCUT2D eigenvalue weighted by atomic mass is 79.9. The van der Waals surface area contributed by atoms with E-state index in [1.165, 1.54) is 30.9 Å². The number of halogens is 1. The van der Waals surface area contributed by atoms with E-state index in [1.54, 1.807) is 0 Å². The molecule has 0 fully saturated rings. The van der Waals surface area contributed by atoms with Crippen LogP contribution in [0, 0.1) is 20.8 Å². The molecule has 2 aromatic rings. The molecule has 1 nitrogen and oxygen atoms in total. The number of nitrogens with one attached hydrogen (secondary N) is 1. The Labute approximate surface area is 134 Å². The van der Waals surface area contributed by atoms with E-state index in [-0.39, 0.29) is 0 Å². The van der Waals surface area contributed by atoms with Crippen LogP contribution in [0.25, 0.3) is 0 Å². The number of aryl methyl sites for hydroxylation is 3. The minimum atomic E-state index is 0.401. The van der Waals surface area contributed by atoms with Crippen LogP contribution in [-0.2, 0) is 6.42 Å². The molecule has 0 aliphatic rings. The summed E-state index contributed by atoms with van der Waals surface area (Å²) >= 11 is 5.33. The third-order valence-electron chi connectivity index (χ3n) is 3.80. The van der Waals surface area contributed by atoms with Crippen molar-refractivity contribution in [3.8, 4) is 0 Å². The Bertz CT molecular complexity index is 589. The van der Waals surface area contributed by atoms with Gasteiger partial charge in [0.15, 0.2) is 0 Å². The zero-order valence-electron chi connectivity index (χ0n) is 12.6. The van der Waals surface area contributed by atoms with E-state index in [2.05, 4.69) is 73.2 Å². The molecule has 2 rings (SSSR count). The van der Waals surface area contributed by atoms with E-state index in [1.807, 2.05) is 11.3 Å². The molecule has 0 spiro atoms. The molecule has 3 heteroatoms. The number of thiophene rings is 1. The largest absolute Gasteiger partial charge is 0.310 e. The molecule has 108 valence electrons. The fraction of sp³-hybridized carbons (Fsp3) is 0.412. The van der Waals surface area contributed by atoms with Gasteiger partial charge in [0, 0.05) is 17.5 Å². The summed E-state index contributed by atoms with van der Waals surface area (Å²) in [6.07, 6.45) is 1.09. The van der Waals surface area contributed by atoms with Crippen LogP contribution in [0.4, 0.5) is 0 Å². The molecule has 20 heavy (non-hydrogen) atoms. The molecule has 1 aromatic heterocycles. The van der Waals surface area contributed by atoms with Crippen LogP contribution in [0.1, 0.15) is 40.1 Å². The molecular weight excluding hydrogens is 330 g/mol. The normalized spacial score (nSPS) is 12.7. The molecule has 1 atom stereocenters. The Morgan fingerprint density at radius 2 is 1.80 bits per heavy atom. The SMILES string of the molecule is Cc1cc(C)c(C(C)NCCc2ccc(Br)s2)cc1C. The van der Waals surface area contributed by atoms with Crippen LogP contribution in [0.15, 0.2) is 28.1 Å². The van der Waals surface area contributed by atoms with Gasteiger partial charge in [0.05, 0.1) is 3.79 Å². The molecule has 1 N–H and O–H groups in total. The number of benzene rings is 1. The Morgan fingerprint density at radius 3 is 2.45 bits per heavy atom. The lowest BCUT2D eigenvalue weighted by Crippen LogP contribution is -2.22. The zero-order chi connectivity index (χ0) is 14.7. The summed E-state index contributed by atoms with van der Waals surface area (Å²) in [5.74, 6) is 0. The van der Waals surface area contributed by atoms with Gasteiger partial charge in [-0.2, -0.15) is 0 Å². The summed E-state index contributed by atoms with van der Waals surface area (Å²) in [6, 6.07) is 9.33. The van der Waals surface area contributed by atoms with Gasteiger partial charge in [0.25, 0.3) is 0 Å². The van der Waals surface area contributed by atoms with Crippen LogP contribution in [0.2, 0.25) is 0 Å². The first-order valence-electron chi connectivity index (χ1n) is 7.02. The maximum absolute atomic E-state index is 3.64. The monoisotopic (exact) mass is 351 g/mol. The Balaban J connectivity index is 1.95. The molecule has 0 bridgehead atoms. The topological polar surface area (TPSA) is 12.0 Å². The van der Waals surface area contributed by atoms with Gasteiger partial charge >= 0.3 is 0 Å². The van der Waals surface area contributed by atoms with Crippen LogP contribution in [0.3, 0.4) is 0 Å². The van der Waals surface area contributed by atoms with Crippen LogP contribution < -0.4 is 5.32 Å². The second kappa shape index (κ2) is 6.88. The van der Waals surface area contributed by atoms with Crippen molar-refractivity contribution < 1.29 is 0 Å². The zero-order valence-corrected chi connectivity index (χ0v) is 15.0. The van der Waals surface area contributed by atoms with E-state index in [0.717, 1.165) is 13.0 Å². The van der Waals surface area contributed by atoms with E-state index in [4.69, 9.17) is 0 Å². The summed E-state index contributed by atoms with van der Waals surface area (Å²) in [7, 11) is 0. The first kappa shape index (κ1) is 15.7. The van der Waals surface area contributed by atoms with Gasteiger partial charge in [-0.25, -0.2) is 0 Å². The molecule has 1 unspecified atom stereocenters. The average molecular weight is 352 g/mol. The summed E-state index contributed by atoms with van der Waals surface area (Å²) in [5, 5.41) is 3.64. The van der Waals surface area contributed by atoms with Crippen LogP contribution >= 0.6 is 27.3 Å². The highest BCUT2D eigenvalue weighted by Crippen LogP contribution is 2.23. The van der Waals surface area contributed by atoms with E-state index < -0.39 is 0 Å². The van der Waals surface area contributed by atoms with E-state index in [9.17, 15) is 0 Å². The molecular formula is C17H22BrNS. The fourth-order valence-electron chi connectivity index (χ4n) is 2.46. The van der Waals surface area contributed by atoms with E-state index in [0.29, 0.717) is 6.04 Å². The van der Waals surface area contributed by atoms with Crippen molar-refractivity contribution >= 4 is 27.3 Å². The van der Waals surface area contributed by atoms with Crippen molar-refractivity contribution in [2.24, 2.45) is 0 Å². The minimum Gasteiger partial charge on any atom is -0.310 e. The molecule has 0 saturated heterocycles. The van der Waals surface area contributed by atoms with Crippen molar-refractivity contribution in [1.29, 1.82) is 0 Å². The number of hydrogen-bond acceptors (Lipinski definition) is 2. The predicted molar refractivity (Wildman–Crippen MR) is 92.8 cm³/mol. The first-order valence-corrected chi connectivity index (χ1v) is 8.63. The highest BCUT2D eigenvalue weighted by molar-refractivity contribution is 9.11. The van der Waals surface area contributed by atoms with Gasteiger partial charge < -0.3 is 5.32 Å². The maximum atomic E-state index is 3.64. The van der Waals surface area contributed by atoms with Crippen molar-refractivity contribution in [3.05, 3.63) is 55.2 Å². The standard InChI is InChI=1S/C17H22BrNS/c1-11-9-13(3)16(10-12(11)2)14(4)19-8-7-15-5-6-17(18)20-15/h5-6,9-10,14,19H,7-8H2,1-4H3. The predicted octanol–water partition coefficient (Wildman–Crippen LogP) is 5.33. The number of hydrogen-bond donors (Lipinski definition) is 1. The van der Waals surface area contributed by atoms with Crippen molar-refractivity contribution in [2.75, 3.05) is 6.54 Å². The maximum Gasteiger partial charge on any atom is 0.0701 e. The molecule has 0 amide bonds. The molecule has 0 aliphatic carbocycles. The Kier molecular flexibility index (Phi) is 5.42. The van der Waals surface area contributed by atoms with Gasteiger partial charge in [-0.05, 0) is 84.4 Å². The Hall–Kier alpha value is -0.640. The molecule has 0 radical (unpaired) electrons. The average Bonchev–Trinajstić information content (AvgIpc) is 2.79. The van der Waals surface area contributed by atoms with E-state index >= 15 is 0 Å². The van der Waals surface area contributed by atoms with Gasteiger partial charge in [-0.3, -0.25) is 0 Å². The van der Waals surface area contributed by atoms with Gasteiger partial charge in [-0.15, -0.1) is 11.3 Å². The third kappa shape index (κ3) is 3.94. The number of rotatable bonds is 5. The van der Waals surface area contributed by atoms with Crippen molar-refractivity contribution in [1.82, 2.24) is 5.32 Å². The fourth-order valence-corrected chi connectivity index (χ4v) is 3.94. The summed E-state index contributed by atoms with van der Waals surface area (Å²) in [6.45, 7) is 9.84. The second-order valence-electron chi connectivity index (χ2n) is 5.42. The lowest BCUT2D eigenvalue weighted by Gasteiger charge is -2.18. The quantitative estimate of drug-likeness (QED) is 0.767. The highest BCUT2D eigenvalue weighted by Gasteiger charge is 2.09. The molecule has 1 aromatic carbocycles. The molecule has 1 heterocycles. The van der Waals surface area contributed by atoms with Crippen molar-refractivity contribution in [2.45, 2.75) is 40.2 Å². The smallest absolute Gasteiger partial charge is 0.0701 e. The van der Waals surface area contributed by atoms with Crippen molar-refractivity contribution in [3.63, 3.8) is 0 Å². The lowest BCUT2D eigenvalue weighted by atomic mass is 9.96. The van der Waals surface area contributed by atoms with Crippen LogP contribution in [-0.4, -0.2) is 6.54 Å². The molecule has 0 saturated carbocycles. The lowest BCUT2D eigenvalue weighted by molar-refractivity contribution is 0.575. The van der Waals surface area contributed by atoms with Gasteiger partial charge in [-0.1, -0.05) is 12.1 Å². The Morgan fingerprint density at radius 1 is 1.10 bits per heavy atom. The summed E-state index contributed by atoms with van der Waals surface area (Å²) in [5.41, 5.74) is 5.55. The third-order valence-corrected chi connectivity index (χ3v) is 5.48. The van der Waals surface area contributed by atoms with Gasteiger partial charge in [0.2, 0.25) is 0 Å². The summed E-state index contributed by atoms with van der Waals surface area (Å²) < 4.78 is 1.21.